The Hall–Kier alpha value is -5.08. The van der Waals surface area contributed by atoms with Gasteiger partial charge in [0.05, 0.1) is 36.4 Å². The van der Waals surface area contributed by atoms with Crippen LogP contribution in [0.5, 0.6) is 11.5 Å². The van der Waals surface area contributed by atoms with E-state index in [1.807, 2.05) is 38.1 Å². The van der Waals surface area contributed by atoms with Crippen LogP contribution in [0.2, 0.25) is 0 Å². The maximum atomic E-state index is 13.8. The number of nitrogens with one attached hydrogen (secondary N) is 2. The van der Waals surface area contributed by atoms with Crippen molar-refractivity contribution in [2.24, 2.45) is 5.92 Å². The number of amides is 3. The summed E-state index contributed by atoms with van der Waals surface area (Å²) in [6.07, 6.45) is 7.06. The molecule has 0 radical (unpaired) electrons. The molecule has 0 spiro atoms. The number of nitrogens with zero attached hydrogens (tertiary/aromatic N) is 4. The zero-order valence-corrected chi connectivity index (χ0v) is 31.8. The van der Waals surface area contributed by atoms with E-state index in [0.29, 0.717) is 65.6 Å². The van der Waals surface area contributed by atoms with Crippen LogP contribution in [0, 0.1) is 5.92 Å². The Morgan fingerprint density at radius 2 is 1.86 bits per heavy atom. The summed E-state index contributed by atoms with van der Waals surface area (Å²) in [6.45, 7) is 7.02. The molecule has 8 rings (SSSR count). The van der Waals surface area contributed by atoms with Crippen molar-refractivity contribution in [2.45, 2.75) is 102 Å². The summed E-state index contributed by atoms with van der Waals surface area (Å²) in [4.78, 5) is 53.1. The number of imide groups is 1. The molecule has 0 unspecified atom stereocenters. The maximum Gasteiger partial charge on any atom is 0.276 e. The number of piperidine rings is 1. The average molecular weight is 769 g/mol. The van der Waals surface area contributed by atoms with Gasteiger partial charge in [-0.2, -0.15) is 5.10 Å². The summed E-state index contributed by atoms with van der Waals surface area (Å²) in [5.41, 5.74) is 2.16. The predicted octanol–water partition coefficient (Wildman–Crippen LogP) is 4.67. The Morgan fingerprint density at radius 3 is 2.59 bits per heavy atom. The fourth-order valence-electron chi connectivity index (χ4n) is 8.21. The number of rotatable bonds is 12. The van der Waals surface area contributed by atoms with Gasteiger partial charge in [0.15, 0.2) is 6.10 Å². The highest BCUT2D eigenvalue weighted by molar-refractivity contribution is 6.01. The van der Waals surface area contributed by atoms with E-state index in [1.54, 1.807) is 36.7 Å². The number of halogens is 1. The van der Waals surface area contributed by atoms with Gasteiger partial charge in [-0.1, -0.05) is 12.1 Å². The van der Waals surface area contributed by atoms with Crippen molar-refractivity contribution in [3.05, 3.63) is 82.4 Å². The Labute approximate surface area is 324 Å². The topological polar surface area (TPSA) is 146 Å². The number of pyridine rings is 1. The van der Waals surface area contributed by atoms with E-state index in [4.69, 9.17) is 14.2 Å². The van der Waals surface area contributed by atoms with E-state index in [9.17, 15) is 23.6 Å². The van der Waals surface area contributed by atoms with Gasteiger partial charge in [-0.25, -0.2) is 9.07 Å². The second-order valence-corrected chi connectivity index (χ2v) is 15.9. The minimum Gasteiger partial charge on any atom is -0.490 e. The molecule has 2 aromatic heterocycles. The first-order chi connectivity index (χ1) is 27.1. The highest BCUT2D eigenvalue weighted by Crippen LogP contribution is 2.38. The Morgan fingerprint density at radius 1 is 1.07 bits per heavy atom. The number of morpholine rings is 1. The number of ether oxygens (including phenoxy) is 3. The fraction of sp³-hybridized carbons (Fsp3) is 0.500. The number of aromatic nitrogens is 3. The molecule has 0 bridgehead atoms. The van der Waals surface area contributed by atoms with Crippen LogP contribution >= 0.6 is 0 Å². The number of carbonyl (C=O) groups excluding carboxylic acids is 3. The van der Waals surface area contributed by atoms with E-state index in [2.05, 4.69) is 20.6 Å². The lowest BCUT2D eigenvalue weighted by Gasteiger charge is -2.39. The smallest absolute Gasteiger partial charge is 0.276 e. The first-order valence-corrected chi connectivity index (χ1v) is 19.9. The number of benzene rings is 2. The zero-order valence-electron chi connectivity index (χ0n) is 31.8. The van der Waals surface area contributed by atoms with Gasteiger partial charge in [-0.15, -0.1) is 0 Å². The predicted molar refractivity (Wildman–Crippen MR) is 206 cm³/mol. The van der Waals surface area contributed by atoms with Crippen LogP contribution < -0.4 is 25.7 Å². The first-order valence-electron chi connectivity index (χ1n) is 19.9. The standard InChI is InChI=1S/C42H49FN6O7/c1-25(2)55-38-21-34-28(23-49(46-34)35-4-3-15-48(42(35)53)36-20-33(36)43)19-32(38)40(51)44-29-9-5-27(6-10-29)22-47-16-17-54-24-30(47)18-26-7-11-31(12-8-26)56-37-13-14-39(50)45-41(37)52/h3-4,7-8,11-12,15,19,21,23,25,27,29-30,33,36-37H,5-6,9-10,13-14,16-18,20,22,24H2,1-2H3,(H,44,51)(H,45,50,52)/t27?,29?,30-,33-,36+,37-/m1/s1. The minimum absolute atomic E-state index is 0.0370. The van der Waals surface area contributed by atoms with Crippen LogP contribution in [0.1, 0.15) is 80.8 Å². The summed E-state index contributed by atoms with van der Waals surface area (Å²) < 4.78 is 34.6. The molecule has 4 aliphatic rings. The molecule has 2 N–H and O–H groups in total. The van der Waals surface area contributed by atoms with Crippen molar-refractivity contribution in [1.82, 2.24) is 29.9 Å². The number of fused-ring (bicyclic) bond motifs is 1. The maximum absolute atomic E-state index is 13.8. The highest BCUT2D eigenvalue weighted by atomic mass is 19.1. The monoisotopic (exact) mass is 768 g/mol. The van der Waals surface area contributed by atoms with Crippen molar-refractivity contribution in [2.75, 3.05) is 26.3 Å². The molecule has 2 saturated heterocycles. The van der Waals surface area contributed by atoms with Crippen LogP contribution in [0.25, 0.3) is 16.6 Å². The largest absolute Gasteiger partial charge is 0.490 e. The average Bonchev–Trinajstić information content (AvgIpc) is 3.76. The normalized spacial score (nSPS) is 25.6. The van der Waals surface area contributed by atoms with Crippen LogP contribution in [0.15, 0.2) is 65.7 Å². The molecule has 4 atom stereocenters. The summed E-state index contributed by atoms with van der Waals surface area (Å²) in [7, 11) is 0. The molecule has 4 heterocycles. The molecule has 56 heavy (non-hydrogen) atoms. The molecule has 13 nitrogen and oxygen atoms in total. The van der Waals surface area contributed by atoms with Crippen molar-refractivity contribution < 1.29 is 33.0 Å². The quantitative estimate of drug-likeness (QED) is 0.197. The van der Waals surface area contributed by atoms with E-state index in [-0.39, 0.29) is 42.0 Å². The summed E-state index contributed by atoms with van der Waals surface area (Å²) in [5.74, 6) is 0.684. The SMILES string of the molecule is CC(C)Oc1cc2nn(-c3cccn([C@H]4C[C@H]4F)c3=O)cc2cc1C(=O)NC1CCC(CN2CCOC[C@H]2Cc2ccc(O[C@@H]3CCC(=O)NC3=O)cc2)CC1. The summed E-state index contributed by atoms with van der Waals surface area (Å²) in [5, 5.41) is 10.9. The van der Waals surface area contributed by atoms with Crippen molar-refractivity contribution in [3.8, 4) is 17.2 Å². The molecule has 2 aliphatic carbocycles. The highest BCUT2D eigenvalue weighted by Gasteiger charge is 2.40. The lowest BCUT2D eigenvalue weighted by Crippen LogP contribution is -2.49. The number of hydrogen-bond acceptors (Lipinski definition) is 9. The lowest BCUT2D eigenvalue weighted by atomic mass is 9.85. The summed E-state index contributed by atoms with van der Waals surface area (Å²) in [6, 6.07) is 14.6. The van der Waals surface area contributed by atoms with Crippen LogP contribution in [0.4, 0.5) is 4.39 Å². The van der Waals surface area contributed by atoms with Gasteiger partial charge in [-0.05, 0) is 87.8 Å². The van der Waals surface area contributed by atoms with Gasteiger partial charge < -0.3 is 24.1 Å². The van der Waals surface area contributed by atoms with E-state index in [0.717, 1.165) is 50.8 Å². The molecule has 2 saturated carbocycles. The van der Waals surface area contributed by atoms with E-state index < -0.39 is 24.2 Å². The third-order valence-electron chi connectivity index (χ3n) is 11.3. The van der Waals surface area contributed by atoms with E-state index >= 15 is 0 Å². The van der Waals surface area contributed by atoms with Crippen LogP contribution in [-0.4, -0.2) is 93.7 Å². The van der Waals surface area contributed by atoms with Gasteiger partial charge in [0, 0.05) is 68.3 Å². The molecule has 4 fully saturated rings. The summed E-state index contributed by atoms with van der Waals surface area (Å²) >= 11 is 0. The first kappa shape index (κ1) is 37.8. The molecular weight excluding hydrogens is 719 g/mol. The molecule has 3 amide bonds. The molecule has 2 aromatic carbocycles. The molecular formula is C42H49FN6O7. The van der Waals surface area contributed by atoms with Crippen LogP contribution in [-0.2, 0) is 20.7 Å². The van der Waals surface area contributed by atoms with Gasteiger partial charge >= 0.3 is 0 Å². The molecule has 2 aliphatic heterocycles. The molecule has 4 aromatic rings. The van der Waals surface area contributed by atoms with Gasteiger partial charge in [0.2, 0.25) is 5.91 Å². The molecule has 296 valence electrons. The second-order valence-electron chi connectivity index (χ2n) is 15.9. The Bertz CT molecular complexity index is 2140. The van der Waals surface area contributed by atoms with Gasteiger partial charge in [0.1, 0.15) is 23.4 Å². The van der Waals surface area contributed by atoms with Crippen molar-refractivity contribution in [1.29, 1.82) is 0 Å². The third kappa shape index (κ3) is 8.51. The minimum atomic E-state index is -1.01. The Kier molecular flexibility index (Phi) is 10.9. The van der Waals surface area contributed by atoms with Crippen molar-refractivity contribution in [3.63, 3.8) is 0 Å². The van der Waals surface area contributed by atoms with Crippen LogP contribution in [0.3, 0.4) is 0 Å². The lowest BCUT2D eigenvalue weighted by molar-refractivity contribution is -0.138. The van der Waals surface area contributed by atoms with E-state index in [1.165, 1.54) is 9.25 Å². The second kappa shape index (κ2) is 16.2. The molecule has 14 heteroatoms. The zero-order chi connectivity index (χ0) is 38.9. The number of carbonyl (C=O) groups is 3. The Balaban J connectivity index is 0.872. The van der Waals surface area contributed by atoms with Crippen molar-refractivity contribution >= 4 is 28.6 Å². The van der Waals surface area contributed by atoms with Gasteiger partial charge in [0.25, 0.3) is 17.4 Å². The number of alkyl halides is 1. The number of hydrogen-bond donors (Lipinski definition) is 2. The fourth-order valence-corrected chi connectivity index (χ4v) is 8.21. The third-order valence-corrected chi connectivity index (χ3v) is 11.3. The van der Waals surface area contributed by atoms with Gasteiger partial charge in [-0.3, -0.25) is 29.4 Å².